The number of rotatable bonds is 6. The molecule has 1 amide bonds. The van der Waals surface area contributed by atoms with E-state index < -0.39 is 18.0 Å². The maximum atomic E-state index is 12.9. The SMILES string of the molecule is CCOc1cc2nc([C@]34COCC[C@H]3C4)cn2cc1NC(=O)c1cccc(C(F)F)n1. The van der Waals surface area contributed by atoms with Crippen LogP contribution < -0.4 is 10.1 Å². The number of halogens is 2. The van der Waals surface area contributed by atoms with Crippen molar-refractivity contribution in [3.8, 4) is 5.75 Å². The van der Waals surface area contributed by atoms with Crippen molar-refractivity contribution >= 4 is 17.2 Å². The van der Waals surface area contributed by atoms with E-state index in [4.69, 9.17) is 14.5 Å². The van der Waals surface area contributed by atoms with Gasteiger partial charge in [-0.3, -0.25) is 4.79 Å². The molecule has 9 heteroatoms. The van der Waals surface area contributed by atoms with E-state index >= 15 is 0 Å². The molecule has 162 valence electrons. The molecule has 0 unspecified atom stereocenters. The predicted molar refractivity (Wildman–Crippen MR) is 109 cm³/mol. The number of amides is 1. The van der Waals surface area contributed by atoms with Crippen LogP contribution in [-0.2, 0) is 10.2 Å². The average molecular weight is 428 g/mol. The first-order valence-electron chi connectivity index (χ1n) is 10.3. The van der Waals surface area contributed by atoms with E-state index in [1.54, 1.807) is 12.3 Å². The van der Waals surface area contributed by atoms with Crippen LogP contribution in [0.5, 0.6) is 5.75 Å². The van der Waals surface area contributed by atoms with Gasteiger partial charge in [0, 0.05) is 30.5 Å². The van der Waals surface area contributed by atoms with Crippen LogP contribution in [0.2, 0.25) is 0 Å². The Labute approximate surface area is 177 Å². The fraction of sp³-hybridized carbons (Fsp3) is 0.409. The highest BCUT2D eigenvalue weighted by Crippen LogP contribution is 2.57. The number of fused-ring (bicyclic) bond motifs is 2. The molecule has 0 spiro atoms. The number of aromatic nitrogens is 3. The number of hydrogen-bond acceptors (Lipinski definition) is 5. The number of ether oxygens (including phenoxy) is 2. The van der Waals surface area contributed by atoms with Gasteiger partial charge in [0.1, 0.15) is 28.5 Å². The highest BCUT2D eigenvalue weighted by atomic mass is 19.3. The van der Waals surface area contributed by atoms with Crippen molar-refractivity contribution in [2.24, 2.45) is 5.92 Å². The molecule has 3 aromatic heterocycles. The molecule has 0 aromatic carbocycles. The molecular weight excluding hydrogens is 406 g/mol. The third-order valence-electron chi connectivity index (χ3n) is 6.04. The lowest BCUT2D eigenvalue weighted by Gasteiger charge is -2.20. The van der Waals surface area contributed by atoms with Crippen molar-refractivity contribution in [1.82, 2.24) is 14.4 Å². The molecule has 1 N–H and O–H groups in total. The summed E-state index contributed by atoms with van der Waals surface area (Å²) in [6, 6.07) is 5.73. The molecule has 2 fully saturated rings. The Bertz CT molecular complexity index is 1150. The first-order chi connectivity index (χ1) is 15.0. The van der Waals surface area contributed by atoms with E-state index in [2.05, 4.69) is 10.3 Å². The monoisotopic (exact) mass is 428 g/mol. The van der Waals surface area contributed by atoms with Crippen LogP contribution in [0.3, 0.4) is 0 Å². The molecule has 1 saturated heterocycles. The van der Waals surface area contributed by atoms with Gasteiger partial charge in [-0.2, -0.15) is 0 Å². The Morgan fingerprint density at radius 3 is 3.03 bits per heavy atom. The summed E-state index contributed by atoms with van der Waals surface area (Å²) < 4.78 is 39.1. The number of carbonyl (C=O) groups excluding carboxylic acids is 1. The molecule has 0 radical (unpaired) electrons. The second-order valence-corrected chi connectivity index (χ2v) is 7.98. The van der Waals surface area contributed by atoms with Crippen LogP contribution in [0.1, 0.15) is 48.1 Å². The van der Waals surface area contributed by atoms with Crippen molar-refractivity contribution in [1.29, 1.82) is 0 Å². The number of nitrogens with zero attached hydrogens (tertiary/aromatic N) is 3. The lowest BCUT2D eigenvalue weighted by Crippen LogP contribution is -2.24. The molecule has 0 bridgehead atoms. The van der Waals surface area contributed by atoms with Crippen LogP contribution in [0.25, 0.3) is 5.65 Å². The van der Waals surface area contributed by atoms with Crippen molar-refractivity contribution in [3.63, 3.8) is 0 Å². The molecule has 3 aromatic rings. The molecule has 7 nitrogen and oxygen atoms in total. The zero-order chi connectivity index (χ0) is 21.6. The molecule has 2 aliphatic rings. The maximum absolute atomic E-state index is 12.9. The van der Waals surface area contributed by atoms with Crippen LogP contribution in [-0.4, -0.2) is 40.1 Å². The molecule has 5 rings (SSSR count). The lowest BCUT2D eigenvalue weighted by molar-refractivity contribution is 0.0739. The molecule has 1 aliphatic carbocycles. The third kappa shape index (κ3) is 3.52. The second kappa shape index (κ2) is 7.56. The van der Waals surface area contributed by atoms with Crippen LogP contribution in [0.4, 0.5) is 14.5 Å². The van der Waals surface area contributed by atoms with Crippen molar-refractivity contribution in [3.05, 3.63) is 53.7 Å². The maximum Gasteiger partial charge on any atom is 0.280 e. The fourth-order valence-electron chi connectivity index (χ4n) is 4.31. The summed E-state index contributed by atoms with van der Waals surface area (Å²) in [7, 11) is 0. The van der Waals surface area contributed by atoms with E-state index in [1.807, 2.05) is 17.5 Å². The highest BCUT2D eigenvalue weighted by Gasteiger charge is 2.58. The molecule has 31 heavy (non-hydrogen) atoms. The average Bonchev–Trinajstić information content (AvgIpc) is 3.39. The Hall–Kier alpha value is -3.07. The van der Waals surface area contributed by atoms with Gasteiger partial charge in [-0.05, 0) is 37.8 Å². The van der Waals surface area contributed by atoms with Gasteiger partial charge in [0.05, 0.1) is 18.9 Å². The summed E-state index contributed by atoms with van der Waals surface area (Å²) in [5, 5.41) is 2.73. The Morgan fingerprint density at radius 2 is 2.26 bits per heavy atom. The summed E-state index contributed by atoms with van der Waals surface area (Å²) in [6.45, 7) is 3.71. The quantitative estimate of drug-likeness (QED) is 0.642. The van der Waals surface area contributed by atoms with Crippen LogP contribution in [0, 0.1) is 5.92 Å². The lowest BCUT2D eigenvalue weighted by atomic mass is 9.98. The molecule has 1 saturated carbocycles. The summed E-state index contributed by atoms with van der Waals surface area (Å²) in [4.78, 5) is 21.2. The zero-order valence-corrected chi connectivity index (χ0v) is 17.0. The standard InChI is InChI=1S/C22H22F2N4O3/c1-2-31-17-8-19-27-18(22-9-13(22)6-7-30-12-22)11-28(19)10-16(17)26-21(29)15-5-3-4-14(25-15)20(23)24/h3-5,8,10-11,13,20H,2,6-7,9,12H2,1H3,(H,26,29)/t13-,22+/m0/s1. The summed E-state index contributed by atoms with van der Waals surface area (Å²) in [5.41, 5.74) is 1.55. The van der Waals surface area contributed by atoms with Crippen molar-refractivity contribution in [2.75, 3.05) is 25.1 Å². The summed E-state index contributed by atoms with van der Waals surface area (Å²) in [6.07, 6.45) is 3.06. The number of hydrogen-bond donors (Lipinski definition) is 1. The summed E-state index contributed by atoms with van der Waals surface area (Å²) in [5.74, 6) is 0.463. The van der Waals surface area contributed by atoms with Crippen molar-refractivity contribution < 1.29 is 23.0 Å². The highest BCUT2D eigenvalue weighted by molar-refractivity contribution is 6.03. The molecule has 2 atom stereocenters. The van der Waals surface area contributed by atoms with Gasteiger partial charge in [-0.1, -0.05) is 6.07 Å². The summed E-state index contributed by atoms with van der Waals surface area (Å²) >= 11 is 0. The van der Waals surface area contributed by atoms with Gasteiger partial charge in [0.2, 0.25) is 0 Å². The first kappa shape index (κ1) is 19.9. The topological polar surface area (TPSA) is 77.8 Å². The van der Waals surface area contributed by atoms with E-state index in [-0.39, 0.29) is 11.1 Å². The van der Waals surface area contributed by atoms with Crippen LogP contribution >= 0.6 is 0 Å². The zero-order valence-electron chi connectivity index (χ0n) is 17.0. The Kier molecular flexibility index (Phi) is 4.85. The second-order valence-electron chi connectivity index (χ2n) is 7.98. The molecule has 4 heterocycles. The molecular formula is C22H22F2N4O3. The normalized spacial score (nSPS) is 22.4. The minimum Gasteiger partial charge on any atom is -0.491 e. The molecule has 1 aliphatic heterocycles. The number of nitrogens with one attached hydrogen (secondary N) is 1. The van der Waals surface area contributed by atoms with Gasteiger partial charge in [0.25, 0.3) is 12.3 Å². The van der Waals surface area contributed by atoms with E-state index in [9.17, 15) is 13.6 Å². The van der Waals surface area contributed by atoms with E-state index in [0.29, 0.717) is 36.2 Å². The Morgan fingerprint density at radius 1 is 1.39 bits per heavy atom. The van der Waals surface area contributed by atoms with Gasteiger partial charge < -0.3 is 19.2 Å². The van der Waals surface area contributed by atoms with E-state index in [0.717, 1.165) is 25.1 Å². The predicted octanol–water partition coefficient (Wildman–Crippen LogP) is 4.00. The number of anilines is 1. The fourth-order valence-corrected chi connectivity index (χ4v) is 4.31. The first-order valence-corrected chi connectivity index (χ1v) is 10.3. The van der Waals surface area contributed by atoms with Gasteiger partial charge >= 0.3 is 0 Å². The van der Waals surface area contributed by atoms with Gasteiger partial charge in [0.15, 0.2) is 0 Å². The minimum absolute atomic E-state index is 0.0148. The smallest absolute Gasteiger partial charge is 0.280 e. The number of alkyl halides is 2. The third-order valence-corrected chi connectivity index (χ3v) is 6.04. The van der Waals surface area contributed by atoms with Crippen LogP contribution in [0.15, 0.2) is 36.7 Å². The van der Waals surface area contributed by atoms with Gasteiger partial charge in [-0.15, -0.1) is 0 Å². The van der Waals surface area contributed by atoms with Crippen molar-refractivity contribution in [2.45, 2.75) is 31.6 Å². The number of pyridine rings is 2. The number of imidazole rings is 1. The van der Waals surface area contributed by atoms with Gasteiger partial charge in [-0.25, -0.2) is 18.7 Å². The minimum atomic E-state index is -2.75. The van der Waals surface area contributed by atoms with E-state index in [1.165, 1.54) is 18.2 Å². The number of carbonyl (C=O) groups is 1. The largest absolute Gasteiger partial charge is 0.491 e. The Balaban J connectivity index is 1.46.